The summed E-state index contributed by atoms with van der Waals surface area (Å²) in [6.45, 7) is 5.74. The first-order valence-electron chi connectivity index (χ1n) is 9.09. The number of rotatable bonds is 7. The van der Waals surface area contributed by atoms with E-state index in [0.29, 0.717) is 12.0 Å². The molecule has 0 aliphatic heterocycles. The van der Waals surface area contributed by atoms with Gasteiger partial charge in [0.25, 0.3) is 15.9 Å². The molecular formula is C20H22N4O3S2. The molecule has 152 valence electrons. The average molecular weight is 431 g/mol. The largest absolute Gasteiger partial charge is 0.296 e. The Morgan fingerprint density at radius 2 is 1.86 bits per heavy atom. The molecule has 7 nitrogen and oxygen atoms in total. The lowest BCUT2D eigenvalue weighted by Crippen LogP contribution is -2.28. The second-order valence-corrected chi connectivity index (χ2v) is 9.50. The highest BCUT2D eigenvalue weighted by Gasteiger charge is 2.25. The average Bonchev–Trinajstić information content (AvgIpc) is 3.16. The monoisotopic (exact) mass is 430 g/mol. The van der Waals surface area contributed by atoms with Crippen molar-refractivity contribution in [2.24, 2.45) is 0 Å². The Kier molecular flexibility index (Phi) is 6.41. The molecule has 0 unspecified atom stereocenters. The van der Waals surface area contributed by atoms with E-state index < -0.39 is 10.0 Å². The van der Waals surface area contributed by atoms with Crippen LogP contribution in [0.3, 0.4) is 0 Å². The van der Waals surface area contributed by atoms with Crippen molar-refractivity contribution in [1.82, 2.24) is 14.9 Å². The summed E-state index contributed by atoms with van der Waals surface area (Å²) in [6, 6.07) is 14.3. The van der Waals surface area contributed by atoms with E-state index >= 15 is 0 Å². The Balaban J connectivity index is 1.76. The number of benzene rings is 2. The number of anilines is 1. The van der Waals surface area contributed by atoms with Gasteiger partial charge in [0.2, 0.25) is 9.47 Å². The number of hydrogen-bond donors (Lipinski definition) is 2. The van der Waals surface area contributed by atoms with Crippen LogP contribution in [0, 0.1) is 13.8 Å². The fourth-order valence-corrected chi connectivity index (χ4v) is 5.12. The highest BCUT2D eigenvalue weighted by Crippen LogP contribution is 2.25. The van der Waals surface area contributed by atoms with Gasteiger partial charge in [0.05, 0.1) is 0 Å². The van der Waals surface area contributed by atoms with E-state index in [1.165, 1.54) is 0 Å². The molecule has 3 aromatic rings. The van der Waals surface area contributed by atoms with Gasteiger partial charge >= 0.3 is 0 Å². The highest BCUT2D eigenvalue weighted by molar-refractivity contribution is 7.91. The number of aryl methyl sites for hydroxylation is 2. The maximum Gasteiger partial charge on any atom is 0.270 e. The molecule has 1 atom stereocenters. The van der Waals surface area contributed by atoms with Crippen molar-refractivity contribution in [2.45, 2.75) is 37.6 Å². The molecule has 0 spiro atoms. The maximum absolute atomic E-state index is 12.8. The number of nitrogens with zero attached hydrogens (tertiary/aromatic N) is 2. The summed E-state index contributed by atoms with van der Waals surface area (Å²) in [5, 5.41) is 10.3. The van der Waals surface area contributed by atoms with Crippen molar-refractivity contribution in [3.63, 3.8) is 0 Å². The summed E-state index contributed by atoms with van der Waals surface area (Å²) in [5.41, 5.74) is 3.33. The smallest absolute Gasteiger partial charge is 0.270 e. The summed E-state index contributed by atoms with van der Waals surface area (Å²) in [6.07, 6.45) is 0.583. The fraction of sp³-hybridized carbons (Fsp3) is 0.250. The lowest BCUT2D eigenvalue weighted by atomic mass is 10.0. The topological polar surface area (TPSA) is 101 Å². The standard InChI is InChI=1S/C20H22N4O3S2/c1-4-17(16-11-6-5-9-14(16)3)24-29(26,27)20-23-22-19(28-20)21-18(25)15-10-7-8-13(2)12-15/h5-12,17,24H,4H2,1-3H3,(H,21,22,25)/t17-/m1/s1. The van der Waals surface area contributed by atoms with Gasteiger partial charge in [-0.1, -0.05) is 60.2 Å². The summed E-state index contributed by atoms with van der Waals surface area (Å²) in [7, 11) is -3.88. The Bertz CT molecular complexity index is 1130. The predicted molar refractivity (Wildman–Crippen MR) is 114 cm³/mol. The van der Waals surface area contributed by atoms with Crippen LogP contribution in [0.25, 0.3) is 0 Å². The molecule has 0 radical (unpaired) electrons. The van der Waals surface area contributed by atoms with Crippen molar-refractivity contribution >= 4 is 32.4 Å². The van der Waals surface area contributed by atoms with Gasteiger partial charge in [-0.3, -0.25) is 10.1 Å². The zero-order valence-corrected chi connectivity index (χ0v) is 18.0. The number of carbonyl (C=O) groups is 1. The van der Waals surface area contributed by atoms with E-state index in [1.807, 2.05) is 51.1 Å². The van der Waals surface area contributed by atoms with Crippen LogP contribution in [0.15, 0.2) is 52.9 Å². The quantitative estimate of drug-likeness (QED) is 0.555. The van der Waals surface area contributed by atoms with Gasteiger partial charge in [0, 0.05) is 11.6 Å². The van der Waals surface area contributed by atoms with Crippen molar-refractivity contribution in [2.75, 3.05) is 5.32 Å². The van der Waals surface area contributed by atoms with Crippen LogP contribution in [-0.4, -0.2) is 24.5 Å². The van der Waals surface area contributed by atoms with Gasteiger partial charge in [-0.25, -0.2) is 13.1 Å². The van der Waals surface area contributed by atoms with E-state index in [1.54, 1.807) is 18.2 Å². The van der Waals surface area contributed by atoms with Crippen LogP contribution in [0.2, 0.25) is 0 Å². The van der Waals surface area contributed by atoms with E-state index in [-0.39, 0.29) is 21.4 Å². The maximum atomic E-state index is 12.8. The van der Waals surface area contributed by atoms with Gasteiger partial charge in [0.15, 0.2) is 0 Å². The number of amides is 1. The normalized spacial score (nSPS) is 12.5. The van der Waals surface area contributed by atoms with E-state index in [2.05, 4.69) is 20.2 Å². The van der Waals surface area contributed by atoms with Crippen molar-refractivity contribution in [1.29, 1.82) is 0 Å². The minimum atomic E-state index is -3.88. The van der Waals surface area contributed by atoms with Gasteiger partial charge < -0.3 is 0 Å². The minimum Gasteiger partial charge on any atom is -0.296 e. The third-order valence-corrected chi connectivity index (χ3v) is 7.08. The summed E-state index contributed by atoms with van der Waals surface area (Å²) >= 11 is 0.814. The molecular weight excluding hydrogens is 408 g/mol. The zero-order chi connectivity index (χ0) is 21.0. The molecule has 0 aliphatic carbocycles. The molecule has 0 bridgehead atoms. The third kappa shape index (κ3) is 5.06. The van der Waals surface area contributed by atoms with Crippen LogP contribution in [0.5, 0.6) is 0 Å². The molecule has 2 aromatic carbocycles. The lowest BCUT2D eigenvalue weighted by Gasteiger charge is -2.18. The fourth-order valence-electron chi connectivity index (χ4n) is 2.91. The minimum absolute atomic E-state index is 0.126. The van der Waals surface area contributed by atoms with Crippen LogP contribution in [0.4, 0.5) is 5.13 Å². The Labute approximate surface area is 174 Å². The van der Waals surface area contributed by atoms with Crippen molar-refractivity contribution < 1.29 is 13.2 Å². The van der Waals surface area contributed by atoms with E-state index in [9.17, 15) is 13.2 Å². The summed E-state index contributed by atoms with van der Waals surface area (Å²) < 4.78 is 28.1. The number of nitrogens with one attached hydrogen (secondary N) is 2. The SMILES string of the molecule is CC[C@@H](NS(=O)(=O)c1nnc(NC(=O)c2cccc(C)c2)s1)c1ccccc1C. The number of aromatic nitrogens is 2. The molecule has 0 saturated heterocycles. The van der Waals surface area contributed by atoms with Gasteiger partial charge in [-0.2, -0.15) is 0 Å². The number of sulfonamides is 1. The Hall–Kier alpha value is -2.62. The molecule has 1 aromatic heterocycles. The molecule has 2 N–H and O–H groups in total. The van der Waals surface area contributed by atoms with Crippen molar-refractivity contribution in [3.8, 4) is 0 Å². The second kappa shape index (κ2) is 8.81. The molecule has 0 saturated carbocycles. The highest BCUT2D eigenvalue weighted by atomic mass is 32.2. The Morgan fingerprint density at radius 1 is 1.10 bits per heavy atom. The van der Waals surface area contributed by atoms with Gasteiger partial charge in [-0.15, -0.1) is 10.2 Å². The summed E-state index contributed by atoms with van der Waals surface area (Å²) in [4.78, 5) is 12.3. The zero-order valence-electron chi connectivity index (χ0n) is 16.3. The molecule has 1 heterocycles. The molecule has 9 heteroatoms. The molecule has 3 rings (SSSR count). The lowest BCUT2D eigenvalue weighted by molar-refractivity contribution is 0.102. The molecule has 29 heavy (non-hydrogen) atoms. The first-order chi connectivity index (χ1) is 13.8. The first-order valence-corrected chi connectivity index (χ1v) is 11.4. The molecule has 0 aliphatic rings. The Morgan fingerprint density at radius 3 is 2.55 bits per heavy atom. The van der Waals surface area contributed by atoms with E-state index in [4.69, 9.17) is 0 Å². The third-order valence-electron chi connectivity index (χ3n) is 4.41. The molecule has 1 amide bonds. The van der Waals surface area contributed by atoms with Crippen LogP contribution >= 0.6 is 11.3 Å². The molecule has 0 fully saturated rings. The van der Waals surface area contributed by atoms with Crippen LogP contribution in [0.1, 0.15) is 46.4 Å². The van der Waals surface area contributed by atoms with Gasteiger partial charge in [0.1, 0.15) is 0 Å². The summed E-state index contributed by atoms with van der Waals surface area (Å²) in [5.74, 6) is -0.367. The first kappa shape index (κ1) is 21.1. The van der Waals surface area contributed by atoms with Crippen molar-refractivity contribution in [3.05, 3.63) is 70.8 Å². The van der Waals surface area contributed by atoms with Gasteiger partial charge in [-0.05, 0) is 43.5 Å². The number of carbonyl (C=O) groups excluding carboxylic acids is 1. The number of hydrogen-bond acceptors (Lipinski definition) is 6. The van der Waals surface area contributed by atoms with Crippen LogP contribution < -0.4 is 10.0 Å². The predicted octanol–water partition coefficient (Wildman–Crippen LogP) is 3.84. The second-order valence-electron chi connectivity index (χ2n) is 6.64. The van der Waals surface area contributed by atoms with Crippen LogP contribution in [-0.2, 0) is 10.0 Å². The van der Waals surface area contributed by atoms with E-state index in [0.717, 1.165) is 28.0 Å².